The molecule has 2 N–H and O–H groups in total. The van der Waals surface area contributed by atoms with E-state index in [2.05, 4.69) is 5.32 Å². The maximum absolute atomic E-state index is 11.8. The van der Waals surface area contributed by atoms with E-state index in [4.69, 9.17) is 16.7 Å². The number of aromatic carboxylic acids is 1. The maximum Gasteiger partial charge on any atom is 0.335 e. The Hall–Kier alpha value is -2.59. The van der Waals surface area contributed by atoms with E-state index in [1.807, 2.05) is 0 Å². The lowest BCUT2D eigenvalue weighted by Crippen LogP contribution is -1.97. The van der Waals surface area contributed by atoms with Crippen LogP contribution in [0, 0.1) is 0 Å². The van der Waals surface area contributed by atoms with Gasteiger partial charge in [-0.05, 0) is 48.5 Å². The molecular weight excluding hydrogens is 290 g/mol. The second-order valence-corrected chi connectivity index (χ2v) is 4.67. The smallest absolute Gasteiger partial charge is 0.335 e. The highest BCUT2D eigenvalue weighted by atomic mass is 35.5. The van der Waals surface area contributed by atoms with Crippen LogP contribution in [0.3, 0.4) is 0 Å². The van der Waals surface area contributed by atoms with Gasteiger partial charge >= 0.3 is 5.97 Å². The largest absolute Gasteiger partial charge is 0.478 e. The molecular formula is C16H12ClNO3. The number of nitrogens with one attached hydrogen (secondary N) is 1. The summed E-state index contributed by atoms with van der Waals surface area (Å²) in [5.74, 6) is -1.13. The monoisotopic (exact) mass is 301 g/mol. The molecule has 0 fully saturated rings. The van der Waals surface area contributed by atoms with Crippen molar-refractivity contribution in [1.29, 1.82) is 0 Å². The Kier molecular flexibility index (Phi) is 4.74. The van der Waals surface area contributed by atoms with E-state index in [1.54, 1.807) is 36.4 Å². The fourth-order valence-electron chi connectivity index (χ4n) is 1.63. The zero-order valence-electron chi connectivity index (χ0n) is 10.9. The van der Waals surface area contributed by atoms with Gasteiger partial charge in [0.1, 0.15) is 0 Å². The van der Waals surface area contributed by atoms with Gasteiger partial charge in [0.15, 0.2) is 5.78 Å². The predicted octanol–water partition coefficient (Wildman–Crippen LogP) is 3.85. The molecule has 0 saturated heterocycles. The zero-order valence-corrected chi connectivity index (χ0v) is 11.7. The number of halogens is 1. The number of hydrogen-bond donors (Lipinski definition) is 2. The number of carbonyl (C=O) groups excluding carboxylic acids is 1. The summed E-state index contributed by atoms with van der Waals surface area (Å²) in [7, 11) is 0. The van der Waals surface area contributed by atoms with Crippen LogP contribution in [0.4, 0.5) is 5.69 Å². The van der Waals surface area contributed by atoms with Crippen molar-refractivity contribution in [3.05, 3.63) is 77.0 Å². The Morgan fingerprint density at radius 3 is 2.10 bits per heavy atom. The second kappa shape index (κ2) is 6.72. The van der Waals surface area contributed by atoms with Crippen molar-refractivity contribution >= 4 is 29.0 Å². The fraction of sp³-hybridized carbons (Fsp3) is 0. The topological polar surface area (TPSA) is 66.4 Å². The van der Waals surface area contributed by atoms with Gasteiger partial charge in [0.05, 0.1) is 5.56 Å². The second-order valence-electron chi connectivity index (χ2n) is 4.23. The van der Waals surface area contributed by atoms with Gasteiger partial charge in [0, 0.05) is 28.5 Å². The highest BCUT2D eigenvalue weighted by Crippen LogP contribution is 2.11. The minimum atomic E-state index is -0.977. The maximum atomic E-state index is 11.8. The van der Waals surface area contributed by atoms with Crippen LogP contribution >= 0.6 is 11.6 Å². The molecule has 0 aliphatic rings. The van der Waals surface area contributed by atoms with E-state index in [0.29, 0.717) is 16.3 Å². The summed E-state index contributed by atoms with van der Waals surface area (Å²) in [4.78, 5) is 22.5. The van der Waals surface area contributed by atoms with Crippen LogP contribution in [0.15, 0.2) is 60.8 Å². The van der Waals surface area contributed by atoms with E-state index < -0.39 is 5.97 Å². The first-order valence-corrected chi connectivity index (χ1v) is 6.50. The van der Waals surface area contributed by atoms with Crippen LogP contribution in [0.2, 0.25) is 5.02 Å². The number of rotatable bonds is 5. The van der Waals surface area contributed by atoms with E-state index >= 15 is 0 Å². The minimum absolute atomic E-state index is 0.152. The Morgan fingerprint density at radius 1 is 0.952 bits per heavy atom. The number of anilines is 1. The Balaban J connectivity index is 1.97. The number of carboxylic acid groups (broad SMARTS) is 1. The molecule has 0 aliphatic carbocycles. The van der Waals surface area contributed by atoms with Crippen molar-refractivity contribution in [1.82, 2.24) is 0 Å². The summed E-state index contributed by atoms with van der Waals surface area (Å²) in [5, 5.41) is 12.3. The minimum Gasteiger partial charge on any atom is -0.478 e. The summed E-state index contributed by atoms with van der Waals surface area (Å²) in [5.41, 5.74) is 1.45. The van der Waals surface area contributed by atoms with Crippen LogP contribution < -0.4 is 5.32 Å². The molecule has 0 amide bonds. The van der Waals surface area contributed by atoms with Crippen molar-refractivity contribution in [3.63, 3.8) is 0 Å². The van der Waals surface area contributed by atoms with Gasteiger partial charge in [-0.25, -0.2) is 4.79 Å². The molecule has 0 bridgehead atoms. The van der Waals surface area contributed by atoms with E-state index in [-0.39, 0.29) is 11.3 Å². The number of hydrogen-bond acceptors (Lipinski definition) is 3. The summed E-state index contributed by atoms with van der Waals surface area (Å²) in [6, 6.07) is 12.8. The molecule has 5 heteroatoms. The molecule has 106 valence electrons. The molecule has 0 aromatic heterocycles. The van der Waals surface area contributed by atoms with Gasteiger partial charge in [-0.2, -0.15) is 0 Å². The number of benzene rings is 2. The Morgan fingerprint density at radius 2 is 1.52 bits per heavy atom. The molecule has 2 rings (SSSR count). The number of carbonyl (C=O) groups is 2. The van der Waals surface area contributed by atoms with Gasteiger partial charge in [0.2, 0.25) is 0 Å². The van der Waals surface area contributed by atoms with Gasteiger partial charge in [-0.3, -0.25) is 4.79 Å². The van der Waals surface area contributed by atoms with Crippen LogP contribution in [-0.4, -0.2) is 16.9 Å². The first-order valence-electron chi connectivity index (χ1n) is 6.12. The number of allylic oxidation sites excluding steroid dienone is 1. The zero-order chi connectivity index (χ0) is 15.2. The molecule has 0 spiro atoms. The van der Waals surface area contributed by atoms with Crippen LogP contribution in [0.5, 0.6) is 0 Å². The molecule has 0 unspecified atom stereocenters. The molecule has 0 saturated carbocycles. The Labute approximate surface area is 126 Å². The normalized spacial score (nSPS) is 10.5. The van der Waals surface area contributed by atoms with Gasteiger partial charge in [-0.1, -0.05) is 11.6 Å². The molecule has 2 aromatic rings. The van der Waals surface area contributed by atoms with E-state index in [1.165, 1.54) is 24.4 Å². The highest BCUT2D eigenvalue weighted by Gasteiger charge is 2.02. The fourth-order valence-corrected chi connectivity index (χ4v) is 1.76. The van der Waals surface area contributed by atoms with Crippen LogP contribution in [-0.2, 0) is 0 Å². The summed E-state index contributed by atoms with van der Waals surface area (Å²) < 4.78 is 0. The van der Waals surface area contributed by atoms with Crippen molar-refractivity contribution in [2.75, 3.05) is 5.32 Å². The van der Waals surface area contributed by atoms with Gasteiger partial charge in [-0.15, -0.1) is 0 Å². The summed E-state index contributed by atoms with van der Waals surface area (Å²) >= 11 is 5.75. The Bertz CT molecular complexity index is 676. The van der Waals surface area contributed by atoms with Crippen LogP contribution in [0.25, 0.3) is 0 Å². The summed E-state index contributed by atoms with van der Waals surface area (Å²) in [6.07, 6.45) is 2.90. The molecule has 2 aromatic carbocycles. The average Bonchev–Trinajstić information content (AvgIpc) is 2.48. The molecule has 0 atom stereocenters. The third-order valence-corrected chi connectivity index (χ3v) is 3.00. The summed E-state index contributed by atoms with van der Waals surface area (Å²) in [6.45, 7) is 0. The average molecular weight is 302 g/mol. The number of carboxylic acids is 1. The number of ketones is 1. The third kappa shape index (κ3) is 4.19. The first-order chi connectivity index (χ1) is 10.1. The SMILES string of the molecule is O=C(O)c1ccc(N/C=C/C(=O)c2ccc(Cl)cc2)cc1. The van der Waals surface area contributed by atoms with Crippen molar-refractivity contribution in [3.8, 4) is 0 Å². The lowest BCUT2D eigenvalue weighted by atomic mass is 10.1. The van der Waals surface area contributed by atoms with E-state index in [9.17, 15) is 9.59 Å². The van der Waals surface area contributed by atoms with Gasteiger partial charge < -0.3 is 10.4 Å². The molecule has 0 heterocycles. The predicted molar refractivity (Wildman–Crippen MR) is 81.9 cm³/mol. The highest BCUT2D eigenvalue weighted by molar-refractivity contribution is 6.30. The molecule has 4 nitrogen and oxygen atoms in total. The first kappa shape index (κ1) is 14.8. The molecule has 21 heavy (non-hydrogen) atoms. The van der Waals surface area contributed by atoms with Crippen molar-refractivity contribution in [2.24, 2.45) is 0 Å². The van der Waals surface area contributed by atoms with Gasteiger partial charge in [0.25, 0.3) is 0 Å². The van der Waals surface area contributed by atoms with E-state index in [0.717, 1.165) is 0 Å². The van der Waals surface area contributed by atoms with Crippen molar-refractivity contribution < 1.29 is 14.7 Å². The molecule has 0 radical (unpaired) electrons. The lowest BCUT2D eigenvalue weighted by Gasteiger charge is -2.01. The quantitative estimate of drug-likeness (QED) is 0.650. The third-order valence-electron chi connectivity index (χ3n) is 2.75. The standard InChI is InChI=1S/C16H12ClNO3/c17-13-5-1-11(2-6-13)15(19)9-10-18-14-7-3-12(4-8-14)16(20)21/h1-10,18H,(H,20,21)/b10-9+. The molecule has 0 aliphatic heterocycles. The lowest BCUT2D eigenvalue weighted by molar-refractivity contribution is 0.0696. The van der Waals surface area contributed by atoms with Crippen LogP contribution in [0.1, 0.15) is 20.7 Å². The van der Waals surface area contributed by atoms with Crippen molar-refractivity contribution in [2.45, 2.75) is 0 Å².